The second-order valence-corrected chi connectivity index (χ2v) is 4.82. The Kier molecular flexibility index (Phi) is 3.73. The maximum atomic E-state index is 8.69. The summed E-state index contributed by atoms with van der Waals surface area (Å²) in [5.41, 5.74) is 1.71. The van der Waals surface area contributed by atoms with E-state index in [4.69, 9.17) is 5.26 Å². The number of nitriles is 1. The lowest BCUT2D eigenvalue weighted by molar-refractivity contribution is 1.09. The zero-order chi connectivity index (χ0) is 12.1. The molecule has 1 aromatic carbocycles. The van der Waals surface area contributed by atoms with E-state index in [1.807, 2.05) is 30.5 Å². The Hall–Kier alpha value is -1.86. The highest BCUT2D eigenvalue weighted by atomic mass is 32.1. The summed E-state index contributed by atoms with van der Waals surface area (Å²) in [6, 6.07) is 9.56. The fourth-order valence-electron chi connectivity index (χ4n) is 1.44. The second kappa shape index (κ2) is 5.46. The Bertz CT molecular complexity index is 522. The molecule has 1 N–H and O–H groups in total. The molecule has 0 spiro atoms. The van der Waals surface area contributed by atoms with Gasteiger partial charge in [0.2, 0.25) is 0 Å². The van der Waals surface area contributed by atoms with Gasteiger partial charge in [-0.1, -0.05) is 6.92 Å². The quantitative estimate of drug-likeness (QED) is 0.897. The lowest BCUT2D eigenvalue weighted by Gasteiger charge is -2.03. The lowest BCUT2D eigenvalue weighted by Crippen LogP contribution is -1.96. The van der Waals surface area contributed by atoms with Crippen molar-refractivity contribution in [3.8, 4) is 6.07 Å². The number of anilines is 1. The van der Waals surface area contributed by atoms with Crippen molar-refractivity contribution in [3.05, 3.63) is 45.9 Å². The van der Waals surface area contributed by atoms with Gasteiger partial charge in [-0.15, -0.1) is 11.3 Å². The van der Waals surface area contributed by atoms with Crippen LogP contribution in [0.2, 0.25) is 0 Å². The van der Waals surface area contributed by atoms with Crippen LogP contribution in [0.1, 0.15) is 22.4 Å². The first-order valence-electron chi connectivity index (χ1n) is 5.49. The molecule has 4 heteroatoms. The summed E-state index contributed by atoms with van der Waals surface area (Å²) in [5, 5.41) is 13.2. The van der Waals surface area contributed by atoms with Crippen molar-refractivity contribution in [1.29, 1.82) is 5.26 Å². The number of nitrogens with one attached hydrogen (secondary N) is 1. The molecule has 1 aromatic heterocycles. The molecule has 0 unspecified atom stereocenters. The van der Waals surface area contributed by atoms with Crippen LogP contribution in [-0.2, 0) is 13.0 Å². The van der Waals surface area contributed by atoms with E-state index in [2.05, 4.69) is 23.3 Å². The van der Waals surface area contributed by atoms with Crippen molar-refractivity contribution in [3.63, 3.8) is 0 Å². The van der Waals surface area contributed by atoms with Crippen molar-refractivity contribution in [2.45, 2.75) is 19.9 Å². The lowest BCUT2D eigenvalue weighted by atomic mass is 10.2. The highest BCUT2D eigenvalue weighted by molar-refractivity contribution is 7.11. The van der Waals surface area contributed by atoms with Gasteiger partial charge in [0.25, 0.3) is 0 Å². The standard InChI is InChI=1S/C13H13N3S/c1-2-13-16-9-12(17-13)8-15-11-5-3-10(7-14)4-6-11/h3-6,9,15H,2,8H2,1H3. The molecule has 2 aromatic rings. The Balaban J connectivity index is 1.95. The molecule has 0 bridgehead atoms. The van der Waals surface area contributed by atoms with E-state index in [0.29, 0.717) is 5.56 Å². The molecule has 1 heterocycles. The Labute approximate surface area is 105 Å². The van der Waals surface area contributed by atoms with Gasteiger partial charge in [0, 0.05) is 16.8 Å². The van der Waals surface area contributed by atoms with Gasteiger partial charge in [-0.25, -0.2) is 4.98 Å². The van der Waals surface area contributed by atoms with Crippen molar-refractivity contribution >= 4 is 17.0 Å². The minimum Gasteiger partial charge on any atom is -0.380 e. The van der Waals surface area contributed by atoms with Gasteiger partial charge in [0.1, 0.15) is 0 Å². The van der Waals surface area contributed by atoms with E-state index in [-0.39, 0.29) is 0 Å². The summed E-state index contributed by atoms with van der Waals surface area (Å²) in [7, 11) is 0. The molecular formula is C13H13N3S. The van der Waals surface area contributed by atoms with E-state index in [0.717, 1.165) is 18.7 Å². The zero-order valence-corrected chi connectivity index (χ0v) is 10.4. The number of thiazole rings is 1. The van der Waals surface area contributed by atoms with E-state index < -0.39 is 0 Å². The largest absolute Gasteiger partial charge is 0.380 e. The average Bonchev–Trinajstić information content (AvgIpc) is 2.85. The van der Waals surface area contributed by atoms with E-state index >= 15 is 0 Å². The average molecular weight is 243 g/mol. The van der Waals surface area contributed by atoms with Gasteiger partial charge < -0.3 is 5.32 Å². The van der Waals surface area contributed by atoms with E-state index in [1.165, 1.54) is 9.88 Å². The van der Waals surface area contributed by atoms with Crippen LogP contribution in [0.3, 0.4) is 0 Å². The zero-order valence-electron chi connectivity index (χ0n) is 9.60. The first kappa shape index (κ1) is 11.6. The molecule has 0 fully saturated rings. The van der Waals surface area contributed by atoms with Gasteiger partial charge in [-0.05, 0) is 30.7 Å². The number of nitrogens with zero attached hydrogens (tertiary/aromatic N) is 2. The van der Waals surface area contributed by atoms with Crippen molar-refractivity contribution in [2.75, 3.05) is 5.32 Å². The van der Waals surface area contributed by atoms with Gasteiger partial charge in [-0.3, -0.25) is 0 Å². The minimum atomic E-state index is 0.682. The van der Waals surface area contributed by atoms with Crippen LogP contribution >= 0.6 is 11.3 Å². The molecule has 3 nitrogen and oxygen atoms in total. The van der Waals surface area contributed by atoms with Crippen molar-refractivity contribution in [2.24, 2.45) is 0 Å². The van der Waals surface area contributed by atoms with Gasteiger partial charge in [0.05, 0.1) is 23.2 Å². The number of aryl methyl sites for hydroxylation is 1. The third kappa shape index (κ3) is 3.05. The Morgan fingerprint density at radius 1 is 1.35 bits per heavy atom. The van der Waals surface area contributed by atoms with Crippen molar-refractivity contribution < 1.29 is 0 Å². The SMILES string of the molecule is CCc1ncc(CNc2ccc(C#N)cc2)s1. The predicted octanol–water partition coefficient (Wildman–Crippen LogP) is 3.19. The topological polar surface area (TPSA) is 48.7 Å². The monoisotopic (exact) mass is 243 g/mol. The smallest absolute Gasteiger partial charge is 0.0991 e. The first-order valence-corrected chi connectivity index (χ1v) is 6.31. The fourth-order valence-corrected chi connectivity index (χ4v) is 2.25. The van der Waals surface area contributed by atoms with Crippen LogP contribution in [0.5, 0.6) is 0 Å². The normalized spacial score (nSPS) is 9.88. The second-order valence-electron chi connectivity index (χ2n) is 3.62. The molecule has 0 aliphatic heterocycles. The van der Waals surface area contributed by atoms with Crippen LogP contribution in [-0.4, -0.2) is 4.98 Å². The maximum absolute atomic E-state index is 8.69. The Morgan fingerprint density at radius 3 is 2.71 bits per heavy atom. The van der Waals surface area contributed by atoms with Crippen LogP contribution in [0.25, 0.3) is 0 Å². The summed E-state index contributed by atoms with van der Waals surface area (Å²) < 4.78 is 0. The molecule has 0 saturated heterocycles. The molecule has 2 rings (SSSR count). The fraction of sp³-hybridized carbons (Fsp3) is 0.231. The van der Waals surface area contributed by atoms with Crippen LogP contribution in [0, 0.1) is 11.3 Å². The molecule has 0 aliphatic rings. The molecule has 86 valence electrons. The molecular weight excluding hydrogens is 230 g/mol. The summed E-state index contributed by atoms with van der Waals surface area (Å²) in [4.78, 5) is 5.54. The predicted molar refractivity (Wildman–Crippen MR) is 70.0 cm³/mol. The number of hydrogen-bond donors (Lipinski definition) is 1. The van der Waals surface area contributed by atoms with Crippen LogP contribution < -0.4 is 5.32 Å². The molecule has 0 amide bonds. The van der Waals surface area contributed by atoms with Crippen molar-refractivity contribution in [1.82, 2.24) is 4.98 Å². The number of benzene rings is 1. The van der Waals surface area contributed by atoms with Gasteiger partial charge in [-0.2, -0.15) is 5.26 Å². The summed E-state index contributed by atoms with van der Waals surface area (Å²) >= 11 is 1.73. The third-order valence-corrected chi connectivity index (χ3v) is 3.53. The first-order chi connectivity index (χ1) is 8.31. The highest BCUT2D eigenvalue weighted by Gasteiger charge is 2.00. The van der Waals surface area contributed by atoms with E-state index in [1.54, 1.807) is 11.3 Å². The molecule has 0 aliphatic carbocycles. The molecule has 0 atom stereocenters. The number of hydrogen-bond acceptors (Lipinski definition) is 4. The Morgan fingerprint density at radius 2 is 2.12 bits per heavy atom. The summed E-state index contributed by atoms with van der Waals surface area (Å²) in [5.74, 6) is 0. The third-order valence-electron chi connectivity index (χ3n) is 2.38. The number of rotatable bonds is 4. The van der Waals surface area contributed by atoms with E-state index in [9.17, 15) is 0 Å². The molecule has 0 saturated carbocycles. The van der Waals surface area contributed by atoms with Crippen LogP contribution in [0.15, 0.2) is 30.5 Å². The molecule has 0 radical (unpaired) electrons. The van der Waals surface area contributed by atoms with Gasteiger partial charge in [0.15, 0.2) is 0 Å². The maximum Gasteiger partial charge on any atom is 0.0991 e. The summed E-state index contributed by atoms with van der Waals surface area (Å²) in [6.45, 7) is 2.89. The number of aromatic nitrogens is 1. The van der Waals surface area contributed by atoms with Gasteiger partial charge >= 0.3 is 0 Å². The highest BCUT2D eigenvalue weighted by Crippen LogP contribution is 2.16. The summed E-state index contributed by atoms with van der Waals surface area (Å²) in [6.07, 6.45) is 2.90. The van der Waals surface area contributed by atoms with Crippen LogP contribution in [0.4, 0.5) is 5.69 Å². The molecule has 17 heavy (non-hydrogen) atoms. The minimum absolute atomic E-state index is 0.682.